The van der Waals surface area contributed by atoms with Gasteiger partial charge in [-0.05, 0) is 18.2 Å². The van der Waals surface area contributed by atoms with Crippen LogP contribution in [-0.2, 0) is 6.61 Å². The van der Waals surface area contributed by atoms with Crippen molar-refractivity contribution in [1.29, 1.82) is 5.26 Å². The number of benzene rings is 1. The van der Waals surface area contributed by atoms with Gasteiger partial charge >= 0.3 is 0 Å². The van der Waals surface area contributed by atoms with E-state index in [9.17, 15) is 0 Å². The van der Waals surface area contributed by atoms with E-state index in [0.717, 1.165) is 11.3 Å². The fourth-order valence-corrected chi connectivity index (χ4v) is 1.74. The smallest absolute Gasteiger partial charge is 0.147 e. The van der Waals surface area contributed by atoms with Gasteiger partial charge in [0, 0.05) is 37.6 Å². The van der Waals surface area contributed by atoms with Crippen LogP contribution in [0.25, 0.3) is 0 Å². The third-order valence-electron chi connectivity index (χ3n) is 2.89. The highest BCUT2D eigenvalue weighted by Crippen LogP contribution is 2.27. The third-order valence-corrected chi connectivity index (χ3v) is 2.89. The fraction of sp³-hybridized carbons (Fsp3) is 0.200. The molecule has 0 saturated carbocycles. The summed E-state index contributed by atoms with van der Waals surface area (Å²) in [7, 11) is 3.90. The van der Waals surface area contributed by atoms with Crippen molar-refractivity contribution in [1.82, 2.24) is 4.98 Å². The van der Waals surface area contributed by atoms with Crippen LogP contribution >= 0.6 is 0 Å². The molecule has 0 fully saturated rings. The molecule has 2 N–H and O–H groups in total. The number of hydrogen-bond acceptors (Lipinski definition) is 5. The molecule has 0 bridgehead atoms. The number of hydrogen-bond donors (Lipinski definition) is 1. The van der Waals surface area contributed by atoms with Gasteiger partial charge in [0.15, 0.2) is 0 Å². The summed E-state index contributed by atoms with van der Waals surface area (Å²) >= 11 is 0. The molecular weight excluding hydrogens is 252 g/mol. The van der Waals surface area contributed by atoms with Crippen LogP contribution in [-0.4, -0.2) is 19.1 Å². The van der Waals surface area contributed by atoms with Gasteiger partial charge in [0.2, 0.25) is 0 Å². The number of aromatic nitrogens is 1. The van der Waals surface area contributed by atoms with Gasteiger partial charge in [0.1, 0.15) is 24.1 Å². The van der Waals surface area contributed by atoms with E-state index in [1.165, 1.54) is 0 Å². The highest BCUT2D eigenvalue weighted by molar-refractivity contribution is 5.61. The normalized spacial score (nSPS) is 9.85. The lowest BCUT2D eigenvalue weighted by atomic mass is 10.2. The summed E-state index contributed by atoms with van der Waals surface area (Å²) in [5.41, 5.74) is 8.58. The maximum Gasteiger partial charge on any atom is 0.147 e. The number of nitrogens with zero attached hydrogens (tertiary/aromatic N) is 3. The molecule has 0 aliphatic heterocycles. The summed E-state index contributed by atoms with van der Waals surface area (Å²) < 4.78 is 5.71. The Morgan fingerprint density at radius 1 is 1.35 bits per heavy atom. The monoisotopic (exact) mass is 268 g/mol. The molecule has 0 amide bonds. The zero-order valence-electron chi connectivity index (χ0n) is 11.5. The van der Waals surface area contributed by atoms with Gasteiger partial charge in [-0.1, -0.05) is 6.07 Å². The van der Waals surface area contributed by atoms with Crippen molar-refractivity contribution in [2.75, 3.05) is 24.7 Å². The number of pyridine rings is 1. The summed E-state index contributed by atoms with van der Waals surface area (Å²) in [6.45, 7) is 0.262. The first kappa shape index (κ1) is 13.7. The first-order valence-electron chi connectivity index (χ1n) is 6.15. The molecule has 0 aliphatic rings. The van der Waals surface area contributed by atoms with Gasteiger partial charge in [0.25, 0.3) is 0 Å². The van der Waals surface area contributed by atoms with E-state index in [1.54, 1.807) is 18.3 Å². The van der Waals surface area contributed by atoms with E-state index in [-0.39, 0.29) is 6.61 Å². The lowest BCUT2D eigenvalue weighted by Crippen LogP contribution is -2.09. The maximum absolute atomic E-state index is 8.99. The molecule has 20 heavy (non-hydrogen) atoms. The van der Waals surface area contributed by atoms with Crippen LogP contribution in [0.5, 0.6) is 5.75 Å². The molecule has 0 spiro atoms. The Kier molecular flexibility index (Phi) is 4.06. The van der Waals surface area contributed by atoms with Gasteiger partial charge in [-0.15, -0.1) is 0 Å². The quantitative estimate of drug-likeness (QED) is 0.860. The number of nitrogens with two attached hydrogens (primary N) is 1. The zero-order valence-corrected chi connectivity index (χ0v) is 11.5. The Morgan fingerprint density at radius 3 is 2.85 bits per heavy atom. The fourth-order valence-electron chi connectivity index (χ4n) is 1.74. The second-order valence-electron chi connectivity index (χ2n) is 4.53. The van der Waals surface area contributed by atoms with Crippen molar-refractivity contribution in [3.05, 3.63) is 47.8 Å². The van der Waals surface area contributed by atoms with E-state index >= 15 is 0 Å². The zero-order chi connectivity index (χ0) is 14.5. The molecule has 0 aliphatic carbocycles. The highest BCUT2D eigenvalue weighted by Gasteiger charge is 2.07. The van der Waals surface area contributed by atoms with Crippen LogP contribution in [0.3, 0.4) is 0 Å². The van der Waals surface area contributed by atoms with Crippen molar-refractivity contribution in [2.45, 2.75) is 6.61 Å². The van der Waals surface area contributed by atoms with Crippen LogP contribution in [0.15, 0.2) is 36.5 Å². The molecule has 2 aromatic rings. The van der Waals surface area contributed by atoms with Gasteiger partial charge in [-0.2, -0.15) is 5.26 Å². The first-order valence-corrected chi connectivity index (χ1v) is 6.15. The van der Waals surface area contributed by atoms with Gasteiger partial charge in [-0.3, -0.25) is 0 Å². The van der Waals surface area contributed by atoms with E-state index in [0.29, 0.717) is 17.1 Å². The van der Waals surface area contributed by atoms with Crippen LogP contribution in [0, 0.1) is 11.3 Å². The predicted octanol–water partition coefficient (Wildman–Crippen LogP) is 2.18. The Balaban J connectivity index is 2.19. The Bertz CT molecular complexity index is 647. The lowest BCUT2D eigenvalue weighted by Gasteiger charge is -2.16. The van der Waals surface area contributed by atoms with E-state index < -0.39 is 0 Å². The number of anilines is 2. The number of nitriles is 1. The van der Waals surface area contributed by atoms with Crippen molar-refractivity contribution in [3.63, 3.8) is 0 Å². The van der Waals surface area contributed by atoms with Crippen LogP contribution < -0.4 is 15.4 Å². The van der Waals surface area contributed by atoms with Crippen LogP contribution in [0.2, 0.25) is 0 Å². The average molecular weight is 268 g/mol. The first-order chi connectivity index (χ1) is 9.61. The van der Waals surface area contributed by atoms with Gasteiger partial charge in [0.05, 0.1) is 5.69 Å². The minimum absolute atomic E-state index is 0.262. The Hall–Kier alpha value is -2.74. The molecule has 0 radical (unpaired) electrons. The van der Waals surface area contributed by atoms with E-state index in [4.69, 9.17) is 15.7 Å². The summed E-state index contributed by atoms with van der Waals surface area (Å²) in [5.74, 6) is 0.601. The van der Waals surface area contributed by atoms with Gasteiger partial charge < -0.3 is 15.4 Å². The topological polar surface area (TPSA) is 75.2 Å². The number of rotatable bonds is 4. The largest absolute Gasteiger partial charge is 0.487 e. The van der Waals surface area contributed by atoms with Crippen molar-refractivity contribution in [3.8, 4) is 11.8 Å². The Labute approximate surface area is 118 Å². The number of ether oxygens (including phenoxy) is 1. The van der Waals surface area contributed by atoms with Gasteiger partial charge in [-0.25, -0.2) is 4.98 Å². The summed E-state index contributed by atoms with van der Waals surface area (Å²) in [6, 6.07) is 11.2. The standard InChI is InChI=1S/C15H16N4O/c1-19(2)12-5-6-13(17)15(8-12)20-10-11-4-3-7-18-14(11)9-16/h3-8H,10,17H2,1-2H3. The molecular formula is C15H16N4O. The Morgan fingerprint density at radius 2 is 2.15 bits per heavy atom. The SMILES string of the molecule is CN(C)c1ccc(N)c(OCc2cccnc2C#N)c1. The molecule has 1 heterocycles. The summed E-state index contributed by atoms with van der Waals surface area (Å²) in [4.78, 5) is 5.97. The molecule has 1 aromatic heterocycles. The molecule has 5 heteroatoms. The molecule has 0 unspecified atom stereocenters. The third kappa shape index (κ3) is 2.98. The molecule has 5 nitrogen and oxygen atoms in total. The van der Waals surface area contributed by atoms with Crippen LogP contribution in [0.1, 0.15) is 11.3 Å². The molecule has 0 atom stereocenters. The van der Waals surface area contributed by atoms with E-state index in [2.05, 4.69) is 4.98 Å². The van der Waals surface area contributed by atoms with Crippen LogP contribution in [0.4, 0.5) is 11.4 Å². The van der Waals surface area contributed by atoms with Crippen molar-refractivity contribution >= 4 is 11.4 Å². The lowest BCUT2D eigenvalue weighted by molar-refractivity contribution is 0.307. The maximum atomic E-state index is 8.99. The summed E-state index contributed by atoms with van der Waals surface area (Å²) in [6.07, 6.45) is 1.59. The minimum atomic E-state index is 0.262. The number of nitrogen functional groups attached to an aromatic ring is 1. The molecule has 2 rings (SSSR count). The minimum Gasteiger partial charge on any atom is -0.487 e. The second kappa shape index (κ2) is 5.93. The van der Waals surface area contributed by atoms with E-state index in [1.807, 2.05) is 43.3 Å². The van der Waals surface area contributed by atoms with Crippen molar-refractivity contribution < 1.29 is 4.74 Å². The second-order valence-corrected chi connectivity index (χ2v) is 4.53. The summed E-state index contributed by atoms with van der Waals surface area (Å²) in [5, 5.41) is 8.99. The molecule has 1 aromatic carbocycles. The average Bonchev–Trinajstić information content (AvgIpc) is 2.46. The molecule has 102 valence electrons. The predicted molar refractivity (Wildman–Crippen MR) is 78.5 cm³/mol. The highest BCUT2D eigenvalue weighted by atomic mass is 16.5. The van der Waals surface area contributed by atoms with Crippen molar-refractivity contribution in [2.24, 2.45) is 0 Å². The molecule has 0 saturated heterocycles.